The smallest absolute Gasteiger partial charge is 0.317 e. The number of aliphatic carboxylic acids is 1. The van der Waals surface area contributed by atoms with E-state index in [0.29, 0.717) is 25.6 Å². The number of nitrogens with zero attached hydrogens (tertiary/aromatic N) is 1. The van der Waals surface area contributed by atoms with Gasteiger partial charge in [-0.15, -0.1) is 0 Å². The molecule has 17 heavy (non-hydrogen) atoms. The Morgan fingerprint density at radius 1 is 1.41 bits per heavy atom. The topological polar surface area (TPSA) is 69.6 Å². The van der Waals surface area contributed by atoms with Crippen molar-refractivity contribution < 1.29 is 14.7 Å². The fourth-order valence-corrected chi connectivity index (χ4v) is 1.93. The molecule has 0 radical (unpaired) electrons. The van der Waals surface area contributed by atoms with Crippen molar-refractivity contribution in [3.63, 3.8) is 0 Å². The van der Waals surface area contributed by atoms with Crippen molar-refractivity contribution in [3.05, 3.63) is 0 Å². The molecule has 0 unspecified atom stereocenters. The summed E-state index contributed by atoms with van der Waals surface area (Å²) in [4.78, 5) is 23.7. The number of carbonyl (C=O) groups excluding carboxylic acids is 1. The van der Waals surface area contributed by atoms with Gasteiger partial charge in [-0.25, -0.2) is 4.79 Å². The molecular weight excluding hydrogens is 220 g/mol. The molecule has 98 valence electrons. The zero-order chi connectivity index (χ0) is 12.8. The van der Waals surface area contributed by atoms with E-state index in [1.807, 2.05) is 0 Å². The maximum atomic E-state index is 11.6. The van der Waals surface area contributed by atoms with Crippen LogP contribution in [0.25, 0.3) is 0 Å². The highest BCUT2D eigenvalue weighted by Crippen LogP contribution is 2.18. The predicted molar refractivity (Wildman–Crippen MR) is 64.8 cm³/mol. The van der Waals surface area contributed by atoms with Gasteiger partial charge in [-0.1, -0.05) is 13.8 Å². The van der Waals surface area contributed by atoms with Gasteiger partial charge in [-0.2, -0.15) is 0 Å². The highest BCUT2D eigenvalue weighted by Gasteiger charge is 2.31. The molecule has 2 amide bonds. The zero-order valence-corrected chi connectivity index (χ0v) is 10.6. The minimum absolute atomic E-state index is 0.0598. The maximum absolute atomic E-state index is 11.6. The van der Waals surface area contributed by atoms with Gasteiger partial charge in [0.2, 0.25) is 0 Å². The van der Waals surface area contributed by atoms with Crippen LogP contribution in [0.1, 0.15) is 33.1 Å². The second-order valence-electron chi connectivity index (χ2n) is 5.14. The molecular formula is C12H22N2O3. The Kier molecular flexibility index (Phi) is 5.25. The minimum Gasteiger partial charge on any atom is -0.481 e. The molecule has 0 saturated carbocycles. The number of hydrogen-bond acceptors (Lipinski definition) is 2. The molecule has 0 spiro atoms. The van der Waals surface area contributed by atoms with Crippen LogP contribution >= 0.6 is 0 Å². The van der Waals surface area contributed by atoms with E-state index in [4.69, 9.17) is 5.11 Å². The fraction of sp³-hybridized carbons (Fsp3) is 0.833. The monoisotopic (exact) mass is 242 g/mol. The fourth-order valence-electron chi connectivity index (χ4n) is 1.93. The highest BCUT2D eigenvalue weighted by molar-refractivity contribution is 5.75. The van der Waals surface area contributed by atoms with Crippen LogP contribution in [-0.4, -0.2) is 41.6 Å². The third-order valence-electron chi connectivity index (χ3n) is 2.94. The van der Waals surface area contributed by atoms with E-state index in [-0.39, 0.29) is 18.4 Å². The lowest BCUT2D eigenvalue weighted by Gasteiger charge is -2.38. The van der Waals surface area contributed by atoms with Crippen molar-refractivity contribution >= 4 is 12.0 Å². The number of hydrogen-bond donors (Lipinski definition) is 2. The van der Waals surface area contributed by atoms with Crippen LogP contribution in [0.3, 0.4) is 0 Å². The normalized spacial score (nSPS) is 15.8. The Hall–Kier alpha value is -1.26. The molecule has 0 bridgehead atoms. The number of urea groups is 1. The second kappa shape index (κ2) is 6.47. The molecule has 5 heteroatoms. The summed E-state index contributed by atoms with van der Waals surface area (Å²) in [6.45, 7) is 6.17. The highest BCUT2D eigenvalue weighted by atomic mass is 16.4. The molecule has 1 fully saturated rings. The number of carboxylic acids is 1. The number of likely N-dealkylation sites (tertiary alicyclic amines) is 1. The van der Waals surface area contributed by atoms with Gasteiger partial charge in [0, 0.05) is 25.6 Å². The summed E-state index contributed by atoms with van der Waals surface area (Å²) in [6, 6.07) is -0.0598. The number of amides is 2. The second-order valence-corrected chi connectivity index (χ2v) is 5.14. The molecule has 1 aliphatic rings. The largest absolute Gasteiger partial charge is 0.481 e. The molecule has 5 nitrogen and oxygen atoms in total. The first-order chi connectivity index (χ1) is 7.99. The Balaban J connectivity index is 2.05. The van der Waals surface area contributed by atoms with Crippen molar-refractivity contribution in [1.29, 1.82) is 0 Å². The molecule has 2 N–H and O–H groups in total. The molecule has 0 aliphatic carbocycles. The van der Waals surface area contributed by atoms with Gasteiger partial charge < -0.3 is 15.3 Å². The van der Waals surface area contributed by atoms with Crippen LogP contribution in [0, 0.1) is 11.8 Å². The number of carbonyl (C=O) groups is 2. The third kappa shape index (κ3) is 5.06. The summed E-state index contributed by atoms with van der Waals surface area (Å²) in [5.41, 5.74) is 0. The van der Waals surface area contributed by atoms with Gasteiger partial charge in [0.25, 0.3) is 0 Å². The van der Waals surface area contributed by atoms with E-state index in [9.17, 15) is 9.59 Å². The lowest BCUT2D eigenvalue weighted by atomic mass is 9.97. The molecule has 0 atom stereocenters. The SMILES string of the molecule is CC(C)CCCNC(=O)N1CC(CC(=O)O)C1. The number of nitrogens with one attached hydrogen (secondary N) is 1. The van der Waals surface area contributed by atoms with Gasteiger partial charge in [-0.3, -0.25) is 4.79 Å². The maximum Gasteiger partial charge on any atom is 0.317 e. The van der Waals surface area contributed by atoms with Crippen LogP contribution < -0.4 is 5.32 Å². The first-order valence-corrected chi connectivity index (χ1v) is 6.23. The van der Waals surface area contributed by atoms with E-state index in [0.717, 1.165) is 12.8 Å². The Morgan fingerprint density at radius 3 is 2.59 bits per heavy atom. The summed E-state index contributed by atoms with van der Waals surface area (Å²) in [5.74, 6) is 0.0109. The summed E-state index contributed by atoms with van der Waals surface area (Å²) in [6.07, 6.45) is 2.27. The Bertz CT molecular complexity index is 273. The van der Waals surface area contributed by atoms with Crippen LogP contribution in [0.2, 0.25) is 0 Å². The van der Waals surface area contributed by atoms with Crippen LogP contribution in [-0.2, 0) is 4.79 Å². The minimum atomic E-state index is -0.785. The average molecular weight is 242 g/mol. The van der Waals surface area contributed by atoms with Gasteiger partial charge in [-0.05, 0) is 18.8 Å². The molecule has 1 heterocycles. The van der Waals surface area contributed by atoms with Crippen LogP contribution in [0.15, 0.2) is 0 Å². The van der Waals surface area contributed by atoms with Gasteiger partial charge in [0.1, 0.15) is 0 Å². The lowest BCUT2D eigenvalue weighted by molar-refractivity contribution is -0.139. The number of carboxylic acid groups (broad SMARTS) is 1. The van der Waals surface area contributed by atoms with Crippen molar-refractivity contribution in [3.8, 4) is 0 Å². The molecule has 1 rings (SSSR count). The Labute approximate surface area is 102 Å². The summed E-state index contributed by atoms with van der Waals surface area (Å²) >= 11 is 0. The van der Waals surface area contributed by atoms with Crippen molar-refractivity contribution in [2.24, 2.45) is 11.8 Å². The zero-order valence-electron chi connectivity index (χ0n) is 10.6. The van der Waals surface area contributed by atoms with Crippen molar-refractivity contribution in [1.82, 2.24) is 10.2 Å². The summed E-state index contributed by atoms with van der Waals surface area (Å²) in [5, 5.41) is 11.4. The quantitative estimate of drug-likeness (QED) is 0.694. The molecule has 1 saturated heterocycles. The van der Waals surface area contributed by atoms with E-state index in [1.54, 1.807) is 4.90 Å². The van der Waals surface area contributed by atoms with E-state index >= 15 is 0 Å². The molecule has 0 aromatic heterocycles. The predicted octanol–water partition coefficient (Wildman–Crippen LogP) is 1.54. The van der Waals surface area contributed by atoms with E-state index in [1.165, 1.54) is 0 Å². The van der Waals surface area contributed by atoms with Gasteiger partial charge in [0.05, 0.1) is 6.42 Å². The van der Waals surface area contributed by atoms with Crippen molar-refractivity contribution in [2.75, 3.05) is 19.6 Å². The van der Waals surface area contributed by atoms with Crippen molar-refractivity contribution in [2.45, 2.75) is 33.1 Å². The summed E-state index contributed by atoms with van der Waals surface area (Å²) < 4.78 is 0. The molecule has 0 aromatic carbocycles. The first kappa shape index (κ1) is 13.8. The molecule has 0 aromatic rings. The standard InChI is InChI=1S/C12H22N2O3/c1-9(2)4-3-5-13-12(17)14-7-10(8-14)6-11(15)16/h9-10H,3-8H2,1-2H3,(H,13,17)(H,15,16). The van der Waals surface area contributed by atoms with Crippen LogP contribution in [0.5, 0.6) is 0 Å². The van der Waals surface area contributed by atoms with Gasteiger partial charge >= 0.3 is 12.0 Å². The number of rotatable bonds is 6. The Morgan fingerprint density at radius 2 is 2.06 bits per heavy atom. The van der Waals surface area contributed by atoms with E-state index < -0.39 is 5.97 Å². The average Bonchev–Trinajstić information content (AvgIpc) is 2.16. The third-order valence-corrected chi connectivity index (χ3v) is 2.94. The summed E-state index contributed by atoms with van der Waals surface area (Å²) in [7, 11) is 0. The van der Waals surface area contributed by atoms with Crippen LogP contribution in [0.4, 0.5) is 4.79 Å². The van der Waals surface area contributed by atoms with Gasteiger partial charge in [0.15, 0.2) is 0 Å². The van der Waals surface area contributed by atoms with E-state index in [2.05, 4.69) is 19.2 Å². The lowest BCUT2D eigenvalue weighted by Crippen LogP contribution is -2.54. The first-order valence-electron chi connectivity index (χ1n) is 6.23. The molecule has 1 aliphatic heterocycles.